The molecule has 0 unspecified atom stereocenters. The van der Waals surface area contributed by atoms with Gasteiger partial charge in [-0.1, -0.05) is 0 Å². The summed E-state index contributed by atoms with van der Waals surface area (Å²) in [6.45, 7) is 0.794. The van der Waals surface area contributed by atoms with Gasteiger partial charge in [0.15, 0.2) is 6.29 Å². The third-order valence-electron chi connectivity index (χ3n) is 2.39. The van der Waals surface area contributed by atoms with Crippen LogP contribution in [0.4, 0.5) is 0 Å². The normalized spacial score (nSPS) is 23.5. The molecule has 5 nitrogen and oxygen atoms in total. The highest BCUT2D eigenvalue weighted by Crippen LogP contribution is 2.17. The zero-order valence-electron chi connectivity index (χ0n) is 9.93. The van der Waals surface area contributed by atoms with Crippen molar-refractivity contribution >= 4 is 21.7 Å². The van der Waals surface area contributed by atoms with Crippen molar-refractivity contribution in [2.24, 2.45) is 0 Å². The monoisotopic (exact) mass is 286 g/mol. The number of rotatable bonds is 7. The van der Waals surface area contributed by atoms with Crippen LogP contribution in [0.2, 0.25) is 0 Å². The second-order valence-corrected chi connectivity index (χ2v) is 5.98. The molecule has 0 aromatic rings. The Labute approximate surface area is 107 Å². The van der Waals surface area contributed by atoms with Crippen LogP contribution in [0, 0.1) is 0 Å². The van der Waals surface area contributed by atoms with E-state index in [9.17, 15) is 8.42 Å². The molecule has 0 bridgehead atoms. The summed E-state index contributed by atoms with van der Waals surface area (Å²) in [4.78, 5) is 0. The van der Waals surface area contributed by atoms with Crippen LogP contribution in [0.1, 0.15) is 25.7 Å². The molecular formula is C10H19ClO5S. The lowest BCUT2D eigenvalue weighted by Gasteiger charge is -2.26. The van der Waals surface area contributed by atoms with Gasteiger partial charge in [-0.25, -0.2) is 0 Å². The Morgan fingerprint density at radius 1 is 1.47 bits per heavy atom. The van der Waals surface area contributed by atoms with Gasteiger partial charge >= 0.3 is 0 Å². The van der Waals surface area contributed by atoms with Crippen LogP contribution in [-0.2, 0) is 23.8 Å². The van der Waals surface area contributed by atoms with Gasteiger partial charge in [-0.15, -0.1) is 11.6 Å². The fraction of sp³-hybridized carbons (Fsp3) is 1.00. The zero-order valence-corrected chi connectivity index (χ0v) is 11.5. The molecule has 0 saturated carbocycles. The lowest BCUT2D eigenvalue weighted by atomic mass is 10.2. The number of hydrogen-bond donors (Lipinski definition) is 0. The number of alkyl halides is 1. The Hall–Kier alpha value is 0.120. The van der Waals surface area contributed by atoms with Crippen LogP contribution in [-0.4, -0.2) is 46.2 Å². The second-order valence-electron chi connectivity index (χ2n) is 4.02. The van der Waals surface area contributed by atoms with Crippen LogP contribution in [0.5, 0.6) is 0 Å². The van der Waals surface area contributed by atoms with E-state index < -0.39 is 10.1 Å². The van der Waals surface area contributed by atoms with Gasteiger partial charge in [-0.3, -0.25) is 4.18 Å². The van der Waals surface area contributed by atoms with Gasteiger partial charge in [-0.2, -0.15) is 8.42 Å². The Kier molecular flexibility index (Phi) is 6.72. The van der Waals surface area contributed by atoms with Gasteiger partial charge in [-0.05, 0) is 25.7 Å². The maximum absolute atomic E-state index is 10.8. The summed E-state index contributed by atoms with van der Waals surface area (Å²) in [6, 6.07) is 0. The predicted octanol–water partition coefficient (Wildman–Crippen LogP) is 1.50. The van der Waals surface area contributed by atoms with E-state index in [2.05, 4.69) is 4.18 Å². The summed E-state index contributed by atoms with van der Waals surface area (Å²) in [6.07, 6.45) is 4.01. The Morgan fingerprint density at radius 3 is 2.76 bits per heavy atom. The molecule has 1 rings (SSSR count). The van der Waals surface area contributed by atoms with Gasteiger partial charge < -0.3 is 9.47 Å². The molecule has 17 heavy (non-hydrogen) atoms. The van der Waals surface area contributed by atoms with E-state index in [1.165, 1.54) is 0 Å². The van der Waals surface area contributed by atoms with Gasteiger partial charge in [0.05, 0.1) is 19.0 Å². The van der Waals surface area contributed by atoms with Crippen molar-refractivity contribution in [1.82, 2.24) is 0 Å². The number of halogens is 1. The highest BCUT2D eigenvalue weighted by Gasteiger charge is 2.19. The van der Waals surface area contributed by atoms with Crippen LogP contribution < -0.4 is 0 Å². The van der Waals surface area contributed by atoms with Crippen molar-refractivity contribution in [2.75, 3.05) is 25.3 Å². The van der Waals surface area contributed by atoms with Crippen molar-refractivity contribution < 1.29 is 22.1 Å². The van der Waals surface area contributed by atoms with Crippen molar-refractivity contribution in [3.63, 3.8) is 0 Å². The molecular weight excluding hydrogens is 268 g/mol. The lowest BCUT2D eigenvalue weighted by molar-refractivity contribution is -0.185. The summed E-state index contributed by atoms with van der Waals surface area (Å²) in [5.74, 6) is 0.299. The highest BCUT2D eigenvalue weighted by molar-refractivity contribution is 7.85. The molecule has 2 atom stereocenters. The smallest absolute Gasteiger partial charge is 0.264 e. The topological polar surface area (TPSA) is 61.8 Å². The molecule has 0 N–H and O–H groups in total. The van der Waals surface area contributed by atoms with Crippen molar-refractivity contribution in [2.45, 2.75) is 38.1 Å². The van der Waals surface area contributed by atoms with Crippen LogP contribution in [0.25, 0.3) is 0 Å². The second kappa shape index (κ2) is 7.53. The summed E-state index contributed by atoms with van der Waals surface area (Å²) >= 11 is 5.75. The van der Waals surface area contributed by atoms with E-state index in [-0.39, 0.29) is 19.0 Å². The summed E-state index contributed by atoms with van der Waals surface area (Å²) in [5, 5.41) is 0. The third kappa shape index (κ3) is 7.21. The molecule has 0 aromatic heterocycles. The minimum absolute atomic E-state index is 0.0863. The predicted molar refractivity (Wildman–Crippen MR) is 64.6 cm³/mol. The van der Waals surface area contributed by atoms with Gasteiger partial charge in [0.2, 0.25) is 0 Å². The maximum Gasteiger partial charge on any atom is 0.264 e. The first-order chi connectivity index (χ1) is 8.01. The lowest BCUT2D eigenvalue weighted by Crippen LogP contribution is -2.29. The average molecular weight is 287 g/mol. The summed E-state index contributed by atoms with van der Waals surface area (Å²) in [5.41, 5.74) is 0. The van der Waals surface area contributed by atoms with E-state index >= 15 is 0 Å². The SMILES string of the molecule is CS(=O)(=O)OCC[C@@H](CCl)O[C@@H]1CCCCO1. The van der Waals surface area contributed by atoms with E-state index in [0.29, 0.717) is 18.9 Å². The van der Waals surface area contributed by atoms with Crippen LogP contribution in [0.3, 0.4) is 0 Å². The van der Waals surface area contributed by atoms with Gasteiger partial charge in [0, 0.05) is 12.5 Å². The highest BCUT2D eigenvalue weighted by atomic mass is 35.5. The minimum Gasteiger partial charge on any atom is -0.353 e. The number of hydrogen-bond acceptors (Lipinski definition) is 5. The third-order valence-corrected chi connectivity index (χ3v) is 3.33. The van der Waals surface area contributed by atoms with Crippen LogP contribution in [0.15, 0.2) is 0 Å². The molecule has 1 heterocycles. The molecule has 1 saturated heterocycles. The van der Waals surface area contributed by atoms with Crippen molar-refractivity contribution in [3.8, 4) is 0 Å². The molecule has 0 amide bonds. The van der Waals surface area contributed by atoms with Gasteiger partial charge in [0.25, 0.3) is 10.1 Å². The molecule has 0 aromatic carbocycles. The maximum atomic E-state index is 10.8. The summed E-state index contributed by atoms with van der Waals surface area (Å²) < 4.78 is 37.2. The zero-order chi connectivity index (χ0) is 12.7. The molecule has 0 aliphatic carbocycles. The standard InChI is InChI=1S/C10H19ClO5S/c1-17(12,13)15-7-5-9(8-11)16-10-4-2-3-6-14-10/h9-10H,2-8H2,1H3/t9-,10+/m0/s1. The van der Waals surface area contributed by atoms with Crippen molar-refractivity contribution in [3.05, 3.63) is 0 Å². The molecule has 1 aliphatic heterocycles. The van der Waals surface area contributed by atoms with E-state index in [0.717, 1.165) is 25.5 Å². The fourth-order valence-corrected chi connectivity index (χ4v) is 2.17. The van der Waals surface area contributed by atoms with Gasteiger partial charge in [0.1, 0.15) is 0 Å². The molecule has 7 heteroatoms. The van der Waals surface area contributed by atoms with E-state index in [1.54, 1.807) is 0 Å². The molecule has 0 spiro atoms. The van der Waals surface area contributed by atoms with E-state index in [1.807, 2.05) is 0 Å². The fourth-order valence-electron chi connectivity index (χ4n) is 1.55. The Bertz CT molecular complexity index is 300. The first-order valence-electron chi connectivity index (χ1n) is 5.68. The van der Waals surface area contributed by atoms with E-state index in [4.69, 9.17) is 21.1 Å². The Morgan fingerprint density at radius 2 is 2.24 bits per heavy atom. The summed E-state index contributed by atoms with van der Waals surface area (Å²) in [7, 11) is -3.39. The van der Waals surface area contributed by atoms with Crippen molar-refractivity contribution in [1.29, 1.82) is 0 Å². The first kappa shape index (κ1) is 15.2. The average Bonchev–Trinajstić information content (AvgIpc) is 2.27. The number of ether oxygens (including phenoxy) is 2. The molecule has 1 aliphatic rings. The largest absolute Gasteiger partial charge is 0.353 e. The molecule has 0 radical (unpaired) electrons. The first-order valence-corrected chi connectivity index (χ1v) is 8.04. The molecule has 102 valence electrons. The quantitative estimate of drug-likeness (QED) is 0.524. The van der Waals surface area contributed by atoms with Crippen LogP contribution >= 0.6 is 11.6 Å². The molecule has 1 fully saturated rings. The Balaban J connectivity index is 2.23. The minimum atomic E-state index is -3.39.